The predicted octanol–water partition coefficient (Wildman–Crippen LogP) is 0.767. The van der Waals surface area contributed by atoms with Gasteiger partial charge in [-0.25, -0.2) is 0 Å². The van der Waals surface area contributed by atoms with Crippen LogP contribution in [0, 0.1) is 6.92 Å². The van der Waals surface area contributed by atoms with E-state index in [0.29, 0.717) is 11.8 Å². The van der Waals surface area contributed by atoms with E-state index in [0.717, 1.165) is 17.7 Å². The summed E-state index contributed by atoms with van der Waals surface area (Å²) in [5, 5.41) is 17.7. The Labute approximate surface area is 188 Å². The summed E-state index contributed by atoms with van der Waals surface area (Å²) in [5.41, 5.74) is 1.12. The molecule has 9 nitrogen and oxygen atoms in total. The molecule has 0 amide bonds. The van der Waals surface area contributed by atoms with Crippen LogP contribution in [0.2, 0.25) is 0 Å². The van der Waals surface area contributed by atoms with E-state index in [1.54, 1.807) is 24.3 Å². The molecule has 0 unspecified atom stereocenters. The van der Waals surface area contributed by atoms with Gasteiger partial charge in [0.1, 0.15) is 16.3 Å². The van der Waals surface area contributed by atoms with Crippen LogP contribution in [0.1, 0.15) is 5.56 Å². The third kappa shape index (κ3) is 5.20. The Bertz CT molecular complexity index is 1320. The van der Waals surface area contributed by atoms with Crippen LogP contribution >= 0.6 is 0 Å². The van der Waals surface area contributed by atoms with Gasteiger partial charge in [-0.3, -0.25) is 9.11 Å². The van der Waals surface area contributed by atoms with E-state index in [2.05, 4.69) is 10.2 Å². The maximum atomic E-state index is 11.8. The minimum Gasteiger partial charge on any atom is -0.506 e. The maximum Gasteiger partial charge on any atom is 1.00 e. The largest absolute Gasteiger partial charge is 1.00 e. The van der Waals surface area contributed by atoms with Gasteiger partial charge in [0.15, 0.2) is 0 Å². The summed E-state index contributed by atoms with van der Waals surface area (Å²) in [7, 11) is -9.68. The van der Waals surface area contributed by atoms with Crippen molar-refractivity contribution < 1.29 is 60.6 Å². The third-order valence-electron chi connectivity index (χ3n) is 3.88. The number of phenols is 1. The van der Waals surface area contributed by atoms with Gasteiger partial charge >= 0.3 is 29.6 Å². The number of azo groups is 1. The predicted molar refractivity (Wildman–Crippen MR) is 101 cm³/mol. The summed E-state index contributed by atoms with van der Waals surface area (Å²) in [4.78, 5) is -1.58. The molecule has 0 saturated heterocycles. The molecule has 3 aromatic carbocycles. The number of fused-ring (bicyclic) bond motifs is 1. The van der Waals surface area contributed by atoms with Crippen LogP contribution in [0.15, 0.2) is 68.6 Å². The molecule has 146 valence electrons. The van der Waals surface area contributed by atoms with Crippen LogP contribution in [0.3, 0.4) is 0 Å². The van der Waals surface area contributed by atoms with Crippen molar-refractivity contribution in [3.63, 3.8) is 0 Å². The molecular weight excluding hydrogens is 431 g/mol. The fourth-order valence-electron chi connectivity index (χ4n) is 2.54. The van der Waals surface area contributed by atoms with Gasteiger partial charge in [0.2, 0.25) is 0 Å². The Kier molecular flexibility index (Phi) is 6.85. The molecule has 0 bridgehead atoms. The first-order valence-electron chi connectivity index (χ1n) is 7.70. The van der Waals surface area contributed by atoms with Crippen molar-refractivity contribution >= 4 is 42.4 Å². The summed E-state index contributed by atoms with van der Waals surface area (Å²) >= 11 is 0. The Morgan fingerprint density at radius 1 is 0.828 bits per heavy atom. The first-order valence-corrected chi connectivity index (χ1v) is 10.6. The van der Waals surface area contributed by atoms with Crippen molar-refractivity contribution in [1.82, 2.24) is 0 Å². The van der Waals surface area contributed by atoms with E-state index in [9.17, 15) is 31.0 Å². The van der Waals surface area contributed by atoms with E-state index >= 15 is 0 Å². The SMILES string of the molecule is Cc1ccc(N=Nc2c(O)ccc3cc(S(=O)(=O)O)cc(S(=O)(=O)O)c23)cc1.[Na+]. The van der Waals surface area contributed by atoms with Crippen LogP contribution < -0.4 is 29.6 Å². The normalized spacial score (nSPS) is 12.2. The first-order chi connectivity index (χ1) is 13.0. The molecule has 0 saturated carbocycles. The molecule has 0 radical (unpaired) electrons. The number of phenolic OH excluding ortho intramolecular Hbond substituents is 1. The minimum atomic E-state index is -4.93. The van der Waals surface area contributed by atoms with E-state index in [1.807, 2.05) is 6.92 Å². The van der Waals surface area contributed by atoms with Crippen molar-refractivity contribution in [2.24, 2.45) is 10.2 Å². The van der Waals surface area contributed by atoms with Gasteiger partial charge in [0, 0.05) is 5.39 Å². The zero-order chi connectivity index (χ0) is 20.7. The third-order valence-corrected chi connectivity index (χ3v) is 5.59. The Balaban J connectivity index is 0.00000300. The smallest absolute Gasteiger partial charge is 0.506 e. The van der Waals surface area contributed by atoms with Gasteiger partial charge in [0.25, 0.3) is 20.2 Å². The van der Waals surface area contributed by atoms with Crippen LogP contribution in [0.25, 0.3) is 10.8 Å². The molecule has 0 aliphatic carbocycles. The molecule has 0 heterocycles. The van der Waals surface area contributed by atoms with Crippen LogP contribution in [-0.2, 0) is 20.2 Å². The number of aromatic hydroxyl groups is 1. The second-order valence-electron chi connectivity index (χ2n) is 5.94. The van der Waals surface area contributed by atoms with Gasteiger partial charge in [0.05, 0.1) is 10.6 Å². The number of nitrogens with zero attached hydrogens (tertiary/aromatic N) is 2. The van der Waals surface area contributed by atoms with Crippen LogP contribution in [-0.4, -0.2) is 31.0 Å². The Morgan fingerprint density at radius 3 is 2.00 bits per heavy atom. The summed E-state index contributed by atoms with van der Waals surface area (Å²) in [5.74, 6) is -0.437. The van der Waals surface area contributed by atoms with Crippen molar-refractivity contribution in [2.75, 3.05) is 0 Å². The van der Waals surface area contributed by atoms with Crippen LogP contribution in [0.4, 0.5) is 11.4 Å². The molecule has 3 N–H and O–H groups in total. The number of aryl methyl sites for hydroxylation is 1. The summed E-state index contributed by atoms with van der Waals surface area (Å²) in [6, 6.07) is 10.8. The number of hydrogen-bond acceptors (Lipinski definition) is 7. The molecule has 0 aromatic heterocycles. The van der Waals surface area contributed by atoms with E-state index < -0.39 is 35.8 Å². The molecule has 29 heavy (non-hydrogen) atoms. The average Bonchev–Trinajstić information content (AvgIpc) is 2.60. The molecule has 0 atom stereocenters. The molecule has 12 heteroatoms. The van der Waals surface area contributed by atoms with Crippen LogP contribution in [0.5, 0.6) is 5.75 Å². The zero-order valence-corrected chi connectivity index (χ0v) is 18.9. The topological polar surface area (TPSA) is 154 Å². The molecule has 0 fully saturated rings. The quantitative estimate of drug-likeness (QED) is 0.304. The van der Waals surface area contributed by atoms with E-state index in [4.69, 9.17) is 0 Å². The van der Waals surface area contributed by atoms with E-state index in [-0.39, 0.29) is 46.0 Å². The Hall–Kier alpha value is -1.86. The molecule has 3 rings (SSSR count). The molecule has 0 spiro atoms. The fourth-order valence-corrected chi connectivity index (χ4v) is 3.91. The van der Waals surface area contributed by atoms with Gasteiger partial charge in [-0.05, 0) is 42.6 Å². The van der Waals surface area contributed by atoms with E-state index in [1.165, 1.54) is 6.07 Å². The summed E-state index contributed by atoms with van der Waals surface area (Å²) < 4.78 is 65.3. The van der Waals surface area contributed by atoms with Crippen molar-refractivity contribution in [3.8, 4) is 5.75 Å². The fraction of sp³-hybridized carbons (Fsp3) is 0.0588. The van der Waals surface area contributed by atoms with Gasteiger partial charge in [-0.2, -0.15) is 21.9 Å². The summed E-state index contributed by atoms with van der Waals surface area (Å²) in [6.07, 6.45) is 0. The van der Waals surface area contributed by atoms with Crippen molar-refractivity contribution in [1.29, 1.82) is 0 Å². The minimum absolute atomic E-state index is 0. The second-order valence-corrected chi connectivity index (χ2v) is 8.75. The zero-order valence-electron chi connectivity index (χ0n) is 15.3. The number of hydrogen-bond donors (Lipinski definition) is 3. The van der Waals surface area contributed by atoms with Gasteiger partial charge in [-0.15, -0.1) is 5.11 Å². The first kappa shape index (κ1) is 23.4. The number of benzene rings is 3. The molecule has 0 aliphatic heterocycles. The average molecular weight is 445 g/mol. The van der Waals surface area contributed by atoms with Gasteiger partial charge < -0.3 is 5.11 Å². The monoisotopic (exact) mass is 445 g/mol. The van der Waals surface area contributed by atoms with Crippen molar-refractivity contribution in [3.05, 3.63) is 54.1 Å². The standard InChI is InChI=1S/C17H14N2O7S2.Na/c1-10-2-5-12(6-3-10)18-19-17-14(20)7-4-11-8-13(27(21,22)23)9-15(16(11)17)28(24,25)26;/h2-9,20H,1H3,(H,21,22,23)(H,24,25,26);/q;+1. The van der Waals surface area contributed by atoms with Gasteiger partial charge in [-0.1, -0.05) is 23.8 Å². The summed E-state index contributed by atoms with van der Waals surface area (Å²) in [6.45, 7) is 1.88. The Morgan fingerprint density at radius 2 is 1.45 bits per heavy atom. The molecule has 3 aromatic rings. The molecule has 0 aliphatic rings. The second kappa shape index (κ2) is 8.48. The maximum absolute atomic E-state index is 11.8. The molecular formula is C17H14N2NaO7S2+. The van der Waals surface area contributed by atoms with Crippen molar-refractivity contribution in [2.45, 2.75) is 16.7 Å². The number of rotatable bonds is 4.